The molecule has 6 nitrogen and oxygen atoms in total. The predicted octanol–water partition coefficient (Wildman–Crippen LogP) is 3.60. The van der Waals surface area contributed by atoms with Crippen molar-refractivity contribution in [2.75, 3.05) is 4.90 Å². The number of nitrogens with zero attached hydrogens (tertiary/aromatic N) is 2. The average molecular weight is 439 g/mol. The Morgan fingerprint density at radius 2 is 1.72 bits per heavy atom. The number of imide groups is 1. The van der Waals surface area contributed by atoms with Crippen molar-refractivity contribution in [2.24, 2.45) is 0 Å². The van der Waals surface area contributed by atoms with Crippen molar-refractivity contribution in [1.82, 2.24) is 4.31 Å². The fourth-order valence-electron chi connectivity index (χ4n) is 3.30. The van der Waals surface area contributed by atoms with Gasteiger partial charge in [0.05, 0.1) is 17.0 Å². The highest BCUT2D eigenvalue weighted by molar-refractivity contribution is 7.89. The number of anilines is 1. The van der Waals surface area contributed by atoms with Crippen molar-refractivity contribution in [2.45, 2.75) is 43.7 Å². The van der Waals surface area contributed by atoms with E-state index in [-0.39, 0.29) is 17.0 Å². The standard InChI is InChI=1S/C20H20ClFN2O4S/c1-3-13(2)24(29(27,28)17-10-4-14(21)5-11-17)18-12-19(25)23(20(18)26)16-8-6-15(22)7-9-16/h4-11,13,18H,3,12H2,1-2H3. The second kappa shape index (κ2) is 8.22. The Balaban J connectivity index is 2.01. The Hall–Kier alpha value is -2.29. The van der Waals surface area contributed by atoms with E-state index < -0.39 is 39.7 Å². The Labute approximate surface area is 173 Å². The molecule has 0 saturated carbocycles. The number of rotatable bonds is 6. The first kappa shape index (κ1) is 21.4. The predicted molar refractivity (Wildman–Crippen MR) is 108 cm³/mol. The largest absolute Gasteiger partial charge is 0.274 e. The summed E-state index contributed by atoms with van der Waals surface area (Å²) in [4.78, 5) is 26.6. The van der Waals surface area contributed by atoms with Gasteiger partial charge >= 0.3 is 0 Å². The maximum atomic E-state index is 13.3. The summed E-state index contributed by atoms with van der Waals surface area (Å²) in [6.45, 7) is 3.49. The van der Waals surface area contributed by atoms with E-state index in [2.05, 4.69) is 0 Å². The summed E-state index contributed by atoms with van der Waals surface area (Å²) in [5.41, 5.74) is 0.205. The van der Waals surface area contributed by atoms with Gasteiger partial charge in [-0.25, -0.2) is 17.7 Å². The first-order valence-electron chi connectivity index (χ1n) is 9.08. The van der Waals surface area contributed by atoms with Crippen LogP contribution in [0.15, 0.2) is 53.4 Å². The lowest BCUT2D eigenvalue weighted by atomic mass is 10.2. The first-order chi connectivity index (χ1) is 13.7. The van der Waals surface area contributed by atoms with Gasteiger partial charge in [-0.2, -0.15) is 4.31 Å². The zero-order chi connectivity index (χ0) is 21.3. The summed E-state index contributed by atoms with van der Waals surface area (Å²) in [5.74, 6) is -1.69. The van der Waals surface area contributed by atoms with Gasteiger partial charge in [-0.3, -0.25) is 9.59 Å². The quantitative estimate of drug-likeness (QED) is 0.646. The molecule has 0 radical (unpaired) electrons. The summed E-state index contributed by atoms with van der Waals surface area (Å²) in [5, 5.41) is 0.383. The SMILES string of the molecule is CCC(C)N(C1CC(=O)N(c2ccc(F)cc2)C1=O)S(=O)(=O)c1ccc(Cl)cc1. The zero-order valence-electron chi connectivity index (χ0n) is 15.9. The topological polar surface area (TPSA) is 74.8 Å². The van der Waals surface area contributed by atoms with Gasteiger partial charge in [-0.1, -0.05) is 18.5 Å². The van der Waals surface area contributed by atoms with Gasteiger partial charge < -0.3 is 0 Å². The molecule has 2 unspecified atom stereocenters. The molecule has 1 aliphatic heterocycles. The molecule has 1 aliphatic rings. The van der Waals surface area contributed by atoms with Crippen LogP contribution in [0, 0.1) is 5.82 Å². The Morgan fingerprint density at radius 1 is 1.14 bits per heavy atom. The Bertz CT molecular complexity index is 1030. The number of carbonyl (C=O) groups is 2. The van der Waals surface area contributed by atoms with E-state index in [4.69, 9.17) is 11.6 Å². The third kappa shape index (κ3) is 4.05. The molecular formula is C20H20ClFN2O4S. The van der Waals surface area contributed by atoms with E-state index in [1.807, 2.05) is 0 Å². The first-order valence-corrected chi connectivity index (χ1v) is 10.9. The second-order valence-electron chi connectivity index (χ2n) is 6.81. The fraction of sp³-hybridized carbons (Fsp3) is 0.300. The normalized spacial score (nSPS) is 18.5. The van der Waals surface area contributed by atoms with E-state index in [1.165, 1.54) is 36.4 Å². The molecule has 3 rings (SSSR count). The van der Waals surface area contributed by atoms with Gasteiger partial charge in [0.25, 0.3) is 5.91 Å². The molecule has 0 aromatic heterocycles. The van der Waals surface area contributed by atoms with Crippen LogP contribution in [-0.4, -0.2) is 36.6 Å². The number of hydrogen-bond donors (Lipinski definition) is 0. The van der Waals surface area contributed by atoms with Crippen LogP contribution in [-0.2, 0) is 19.6 Å². The summed E-state index contributed by atoms with van der Waals surface area (Å²) in [6, 6.07) is 8.85. The fourth-order valence-corrected chi connectivity index (χ4v) is 5.27. The summed E-state index contributed by atoms with van der Waals surface area (Å²) in [6.07, 6.45) is 0.161. The molecule has 0 spiro atoms. The van der Waals surface area contributed by atoms with Gasteiger partial charge in [0.2, 0.25) is 15.9 Å². The number of sulfonamides is 1. The molecule has 1 fully saturated rings. The van der Waals surface area contributed by atoms with Crippen molar-refractivity contribution in [3.05, 3.63) is 59.4 Å². The summed E-state index contributed by atoms with van der Waals surface area (Å²) < 4.78 is 41.0. The molecule has 2 amide bonds. The van der Waals surface area contributed by atoms with Crippen molar-refractivity contribution in [3.8, 4) is 0 Å². The molecule has 0 N–H and O–H groups in total. The summed E-state index contributed by atoms with van der Waals surface area (Å²) >= 11 is 5.86. The maximum Gasteiger partial charge on any atom is 0.252 e. The van der Waals surface area contributed by atoms with Crippen LogP contribution in [0.4, 0.5) is 10.1 Å². The lowest BCUT2D eigenvalue weighted by Crippen LogP contribution is -2.49. The molecule has 0 bridgehead atoms. The van der Waals surface area contributed by atoms with Crippen molar-refractivity contribution in [3.63, 3.8) is 0 Å². The molecule has 29 heavy (non-hydrogen) atoms. The van der Waals surface area contributed by atoms with E-state index >= 15 is 0 Å². The third-order valence-corrected chi connectivity index (χ3v) is 7.22. The highest BCUT2D eigenvalue weighted by atomic mass is 35.5. The van der Waals surface area contributed by atoms with Gasteiger partial charge in [-0.15, -0.1) is 0 Å². The van der Waals surface area contributed by atoms with E-state index in [0.29, 0.717) is 11.4 Å². The van der Waals surface area contributed by atoms with Crippen LogP contribution in [0.1, 0.15) is 26.7 Å². The third-order valence-electron chi connectivity index (χ3n) is 4.93. The van der Waals surface area contributed by atoms with Crippen LogP contribution >= 0.6 is 11.6 Å². The molecule has 2 atom stereocenters. The molecule has 1 heterocycles. The average Bonchev–Trinajstić information content (AvgIpc) is 2.96. The van der Waals surface area contributed by atoms with Crippen molar-refractivity contribution >= 4 is 39.1 Å². The number of benzene rings is 2. The maximum absolute atomic E-state index is 13.3. The molecule has 2 aromatic rings. The zero-order valence-corrected chi connectivity index (χ0v) is 17.5. The van der Waals surface area contributed by atoms with Gasteiger partial charge in [0, 0.05) is 11.1 Å². The van der Waals surface area contributed by atoms with E-state index in [0.717, 1.165) is 21.3 Å². The summed E-state index contributed by atoms with van der Waals surface area (Å²) in [7, 11) is -4.07. The Kier molecular flexibility index (Phi) is 6.07. The molecule has 154 valence electrons. The van der Waals surface area contributed by atoms with Crippen LogP contribution < -0.4 is 4.90 Å². The van der Waals surface area contributed by atoms with Gasteiger partial charge in [0.1, 0.15) is 11.9 Å². The number of halogens is 2. The van der Waals surface area contributed by atoms with Crippen LogP contribution in [0.25, 0.3) is 0 Å². The lowest BCUT2D eigenvalue weighted by Gasteiger charge is -2.31. The van der Waals surface area contributed by atoms with Gasteiger partial charge in [0.15, 0.2) is 0 Å². The highest BCUT2D eigenvalue weighted by Gasteiger charge is 2.48. The monoisotopic (exact) mass is 438 g/mol. The minimum Gasteiger partial charge on any atom is -0.274 e. The number of amides is 2. The number of carbonyl (C=O) groups excluding carboxylic acids is 2. The van der Waals surface area contributed by atoms with Crippen LogP contribution in [0.5, 0.6) is 0 Å². The lowest BCUT2D eigenvalue weighted by molar-refractivity contribution is -0.122. The van der Waals surface area contributed by atoms with Crippen molar-refractivity contribution < 1.29 is 22.4 Å². The van der Waals surface area contributed by atoms with Crippen LogP contribution in [0.3, 0.4) is 0 Å². The van der Waals surface area contributed by atoms with E-state index in [9.17, 15) is 22.4 Å². The second-order valence-corrected chi connectivity index (χ2v) is 9.09. The Morgan fingerprint density at radius 3 is 2.28 bits per heavy atom. The van der Waals surface area contributed by atoms with E-state index in [1.54, 1.807) is 13.8 Å². The van der Waals surface area contributed by atoms with Crippen molar-refractivity contribution in [1.29, 1.82) is 0 Å². The molecule has 0 aliphatic carbocycles. The van der Waals surface area contributed by atoms with Gasteiger partial charge in [-0.05, 0) is 61.9 Å². The molecule has 9 heteroatoms. The van der Waals surface area contributed by atoms with Crippen LogP contribution in [0.2, 0.25) is 5.02 Å². The highest BCUT2D eigenvalue weighted by Crippen LogP contribution is 2.31. The molecule has 2 aromatic carbocycles. The minimum atomic E-state index is -4.07. The smallest absolute Gasteiger partial charge is 0.252 e. The molecular weight excluding hydrogens is 419 g/mol. The minimum absolute atomic E-state index is 0.0114. The molecule has 1 saturated heterocycles. The number of hydrogen-bond acceptors (Lipinski definition) is 4.